The largest absolute Gasteiger partial charge is 0.481 e. The fraction of sp³-hybridized carbons (Fsp3) is 0.917. The molecule has 0 fully saturated rings. The molecule has 18 nitrogen and oxygen atoms in total. The number of hydrogen-bond acceptors (Lipinski definition) is 17. The maximum atomic E-state index is 11.5. The van der Waals surface area contributed by atoms with Crippen molar-refractivity contribution in [2.75, 3.05) is 165 Å². The van der Waals surface area contributed by atoms with E-state index in [1.807, 2.05) is 20.8 Å². The van der Waals surface area contributed by atoms with E-state index < -0.39 is 17.5 Å². The summed E-state index contributed by atoms with van der Waals surface area (Å²) in [5.41, 5.74) is -0.519. The molecule has 0 rings (SSSR count). The van der Waals surface area contributed by atoms with Crippen molar-refractivity contribution >= 4 is 17.9 Å². The third-order valence-electron chi connectivity index (χ3n) is 6.24. The van der Waals surface area contributed by atoms with Crippen molar-refractivity contribution in [3.63, 3.8) is 0 Å². The molecule has 0 bridgehead atoms. The van der Waals surface area contributed by atoms with Gasteiger partial charge in [-0.25, -0.2) is 4.79 Å². The highest BCUT2D eigenvalue weighted by Crippen LogP contribution is 2.06. The van der Waals surface area contributed by atoms with Crippen molar-refractivity contribution in [2.45, 2.75) is 52.1 Å². The molecule has 0 saturated carbocycles. The van der Waals surface area contributed by atoms with Crippen LogP contribution in [-0.4, -0.2) is 194 Å². The molecule has 0 aromatic rings. The normalized spacial score (nSPS) is 11.6. The zero-order valence-electron chi connectivity index (χ0n) is 32.9. The van der Waals surface area contributed by atoms with Gasteiger partial charge in [-0.2, -0.15) is 0 Å². The molecule has 18 heteroatoms. The van der Waals surface area contributed by atoms with Crippen LogP contribution in [0.3, 0.4) is 0 Å². The van der Waals surface area contributed by atoms with Crippen molar-refractivity contribution in [1.82, 2.24) is 0 Å². The van der Waals surface area contributed by atoms with E-state index in [9.17, 15) is 14.4 Å². The second-order valence-corrected chi connectivity index (χ2v) is 12.2. The number of rotatable bonds is 43. The fourth-order valence-corrected chi connectivity index (χ4v) is 3.78. The van der Waals surface area contributed by atoms with Crippen LogP contribution in [0.2, 0.25) is 0 Å². The Morgan fingerprint density at radius 1 is 0.370 bits per heavy atom. The number of esters is 2. The molecule has 0 aliphatic heterocycles. The molecule has 320 valence electrons. The number of ether oxygens (including phenoxy) is 14. The second-order valence-electron chi connectivity index (χ2n) is 12.2. The molecule has 0 aliphatic carbocycles. The smallest absolute Gasteiger partial charge is 0.332 e. The SMILES string of the molecule is CC(C)(C)OC(=O)COCCOCCOCCOCCOCCOCCOCCOCCOCCOCCOCCOCCOC(=O)CCCCC(=O)O. The summed E-state index contributed by atoms with van der Waals surface area (Å²) in [6, 6.07) is 0. The Bertz CT molecular complexity index is 841. The number of carboxylic acid groups (broad SMARTS) is 1. The van der Waals surface area contributed by atoms with Gasteiger partial charge in [-0.3, -0.25) is 9.59 Å². The molecule has 0 saturated heterocycles. The third-order valence-corrected chi connectivity index (χ3v) is 6.24. The Balaban J connectivity index is 3.13. The van der Waals surface area contributed by atoms with Crippen LogP contribution in [0.5, 0.6) is 0 Å². The van der Waals surface area contributed by atoms with Crippen LogP contribution in [0.4, 0.5) is 0 Å². The highest BCUT2D eigenvalue weighted by atomic mass is 16.6. The van der Waals surface area contributed by atoms with E-state index in [0.717, 1.165) is 0 Å². The van der Waals surface area contributed by atoms with Gasteiger partial charge in [-0.1, -0.05) is 0 Å². The number of carboxylic acids is 1. The summed E-state index contributed by atoms with van der Waals surface area (Å²) in [6.45, 7) is 15.5. The minimum atomic E-state index is -0.867. The highest BCUT2D eigenvalue weighted by Gasteiger charge is 2.16. The molecule has 0 unspecified atom stereocenters. The van der Waals surface area contributed by atoms with E-state index >= 15 is 0 Å². The Kier molecular flexibility index (Phi) is 39.0. The zero-order valence-corrected chi connectivity index (χ0v) is 32.9. The molecule has 0 aliphatic rings. The molecule has 54 heavy (non-hydrogen) atoms. The van der Waals surface area contributed by atoms with E-state index in [1.165, 1.54) is 0 Å². The van der Waals surface area contributed by atoms with Crippen molar-refractivity contribution in [3.8, 4) is 0 Å². The Hall–Kier alpha value is -2.07. The van der Waals surface area contributed by atoms with Gasteiger partial charge in [0.25, 0.3) is 0 Å². The fourth-order valence-electron chi connectivity index (χ4n) is 3.78. The van der Waals surface area contributed by atoms with Gasteiger partial charge in [0.2, 0.25) is 0 Å². The van der Waals surface area contributed by atoms with Crippen LogP contribution in [0, 0.1) is 0 Å². The summed E-state index contributed by atoms with van der Waals surface area (Å²) in [5.74, 6) is -1.61. The third kappa shape index (κ3) is 46.1. The van der Waals surface area contributed by atoms with Gasteiger partial charge in [0.1, 0.15) is 18.8 Å². The second kappa shape index (κ2) is 40.6. The van der Waals surface area contributed by atoms with Crippen molar-refractivity contribution in [3.05, 3.63) is 0 Å². The van der Waals surface area contributed by atoms with E-state index in [4.69, 9.17) is 71.4 Å². The Labute approximate surface area is 320 Å². The van der Waals surface area contributed by atoms with Crippen LogP contribution in [-0.2, 0) is 80.7 Å². The Morgan fingerprint density at radius 2 is 0.630 bits per heavy atom. The van der Waals surface area contributed by atoms with Crippen molar-refractivity contribution in [2.24, 2.45) is 0 Å². The minimum Gasteiger partial charge on any atom is -0.481 e. The summed E-state index contributed by atoms with van der Waals surface area (Å²) in [6.07, 6.45) is 1.22. The number of hydrogen-bond donors (Lipinski definition) is 1. The van der Waals surface area contributed by atoms with Gasteiger partial charge in [0.15, 0.2) is 0 Å². The van der Waals surface area contributed by atoms with Gasteiger partial charge in [0, 0.05) is 12.8 Å². The zero-order chi connectivity index (χ0) is 39.6. The lowest BCUT2D eigenvalue weighted by Crippen LogP contribution is -2.27. The number of carbonyl (C=O) groups excluding carboxylic acids is 2. The summed E-state index contributed by atoms with van der Waals surface area (Å²) in [5, 5.41) is 8.56. The van der Waals surface area contributed by atoms with Gasteiger partial charge in [-0.15, -0.1) is 0 Å². The molecule has 0 atom stereocenters. The summed E-state index contributed by atoms with van der Waals surface area (Å²) >= 11 is 0. The molecular weight excluding hydrogens is 720 g/mol. The topological polar surface area (TPSA) is 201 Å². The van der Waals surface area contributed by atoms with Crippen LogP contribution >= 0.6 is 0 Å². The van der Waals surface area contributed by atoms with E-state index in [2.05, 4.69) is 0 Å². The van der Waals surface area contributed by atoms with Crippen LogP contribution < -0.4 is 0 Å². The van der Waals surface area contributed by atoms with Gasteiger partial charge < -0.3 is 71.4 Å². The molecule has 0 aromatic heterocycles. The van der Waals surface area contributed by atoms with Crippen molar-refractivity contribution < 1.29 is 85.8 Å². The van der Waals surface area contributed by atoms with E-state index in [1.54, 1.807) is 0 Å². The summed E-state index contributed by atoms with van der Waals surface area (Å²) < 4.78 is 75.2. The molecule has 0 radical (unpaired) electrons. The predicted molar refractivity (Wildman–Crippen MR) is 193 cm³/mol. The first kappa shape index (κ1) is 51.9. The first-order chi connectivity index (χ1) is 26.2. The monoisotopic (exact) mass is 788 g/mol. The summed E-state index contributed by atoms with van der Waals surface area (Å²) in [4.78, 5) is 33.4. The van der Waals surface area contributed by atoms with Crippen molar-refractivity contribution in [1.29, 1.82) is 0 Å². The molecule has 0 amide bonds. The van der Waals surface area contributed by atoms with Crippen LogP contribution in [0.1, 0.15) is 46.5 Å². The lowest BCUT2D eigenvalue weighted by atomic mass is 10.2. The molecule has 1 N–H and O–H groups in total. The lowest BCUT2D eigenvalue weighted by Gasteiger charge is -2.19. The van der Waals surface area contributed by atoms with Gasteiger partial charge in [-0.05, 0) is 33.6 Å². The molecule has 0 spiro atoms. The average Bonchev–Trinajstić information content (AvgIpc) is 3.12. The van der Waals surface area contributed by atoms with E-state index in [0.29, 0.717) is 158 Å². The first-order valence-corrected chi connectivity index (χ1v) is 18.7. The van der Waals surface area contributed by atoms with Crippen LogP contribution in [0.15, 0.2) is 0 Å². The molecule has 0 heterocycles. The quantitative estimate of drug-likeness (QED) is 0.0691. The van der Waals surface area contributed by atoms with Gasteiger partial charge in [0.05, 0.1) is 152 Å². The maximum Gasteiger partial charge on any atom is 0.332 e. The average molecular weight is 789 g/mol. The highest BCUT2D eigenvalue weighted by molar-refractivity contribution is 5.71. The maximum absolute atomic E-state index is 11.5. The number of aliphatic carboxylic acids is 1. The lowest BCUT2D eigenvalue weighted by molar-refractivity contribution is -0.160. The molecule has 0 aromatic carbocycles. The van der Waals surface area contributed by atoms with Gasteiger partial charge >= 0.3 is 17.9 Å². The van der Waals surface area contributed by atoms with E-state index in [-0.39, 0.29) is 38.6 Å². The van der Waals surface area contributed by atoms with Crippen LogP contribution in [0.25, 0.3) is 0 Å². The standard InChI is InChI=1S/C36H68O18/c1-36(2,3)54-35(40)32-52-29-28-50-25-24-48-21-20-46-17-16-44-13-12-42-9-8-41-10-11-43-14-15-45-18-19-47-22-23-49-26-27-51-30-31-53-34(39)7-5-4-6-33(37)38/h4-32H2,1-3H3,(H,37,38). The molecular formula is C36H68O18. The first-order valence-electron chi connectivity index (χ1n) is 18.7. The predicted octanol–water partition coefficient (Wildman–Crippen LogP) is 1.72. The number of unbranched alkanes of at least 4 members (excludes halogenated alkanes) is 1. The Morgan fingerprint density at radius 3 is 0.907 bits per heavy atom. The summed E-state index contributed by atoms with van der Waals surface area (Å²) in [7, 11) is 0. The minimum absolute atomic E-state index is 0.0554. The number of carbonyl (C=O) groups is 3.